The minimum Gasteiger partial charge on any atom is -0.505 e. The van der Waals surface area contributed by atoms with Crippen molar-refractivity contribution in [2.24, 2.45) is 0 Å². The molecule has 0 aromatic carbocycles. The molecule has 8 nitrogen and oxygen atoms in total. The van der Waals surface area contributed by atoms with E-state index in [0.29, 0.717) is 0 Å². The lowest BCUT2D eigenvalue weighted by Gasteiger charge is -2.26. The van der Waals surface area contributed by atoms with Crippen LogP contribution < -0.4 is 10.9 Å². The van der Waals surface area contributed by atoms with Gasteiger partial charge in [-0.1, -0.05) is 6.37 Å². The standard InChI is InChI=1S/C18H27N5O3/c1-12(2)23-16-14(20-11-21-16)15(24)13(18(23)26)17(25)19-7-6-10-22-8-4-3-5-9-22/h11-12,24H,3-10H2,1-2H3,(H,19,25)(H,20,21)/i1D3,2D3,3D2,4D2,5D2,7D,8D2,9D2,10D,11D,12D/hD3. The van der Waals surface area contributed by atoms with Gasteiger partial charge in [0.15, 0.2) is 14.2 Å². The van der Waals surface area contributed by atoms with Crippen LogP contribution in [0.15, 0.2) is 11.1 Å². The summed E-state index contributed by atoms with van der Waals surface area (Å²) in [5.41, 5.74) is -5.97. The zero-order chi connectivity index (χ0) is 38.6. The number of imidazole rings is 1. The minimum absolute atomic E-state index is 0.0429. The maximum atomic E-state index is 13.8. The van der Waals surface area contributed by atoms with Crippen molar-refractivity contribution >= 4 is 17.1 Å². The number of aromatic nitrogens is 3. The Hall–Kier alpha value is -2.35. The molecule has 26 heavy (non-hydrogen) atoms. The molecule has 1 amide bonds. The lowest BCUT2D eigenvalue weighted by atomic mass is 10.1. The molecule has 1 fully saturated rings. The first-order valence-electron chi connectivity index (χ1n) is 18.4. The predicted octanol–water partition coefficient (Wildman–Crippen LogP) is 1.62. The van der Waals surface area contributed by atoms with Gasteiger partial charge in [-0.3, -0.25) is 14.2 Å². The number of pyridine rings is 1. The number of carbonyl (C=O) groups is 1. The van der Waals surface area contributed by atoms with Crippen molar-refractivity contribution in [1.29, 1.82) is 1.43 Å². The number of nitrogens with zero attached hydrogens (tertiary/aromatic N) is 3. The number of hydrogen-bond acceptors (Lipinski definition) is 5. The molecule has 0 spiro atoms. The summed E-state index contributed by atoms with van der Waals surface area (Å²) in [5, 5.41) is 3.81. The molecule has 2 unspecified atom stereocenters. The van der Waals surface area contributed by atoms with E-state index in [4.69, 9.17) is 31.7 Å². The van der Waals surface area contributed by atoms with E-state index in [-0.39, 0.29) is 14.4 Å². The van der Waals surface area contributed by atoms with Gasteiger partial charge in [0, 0.05) is 37.2 Å². The van der Waals surface area contributed by atoms with Gasteiger partial charge in [-0.2, -0.15) is 0 Å². The summed E-state index contributed by atoms with van der Waals surface area (Å²) < 4.78 is 183. The van der Waals surface area contributed by atoms with E-state index in [1.54, 1.807) is 0 Å². The Morgan fingerprint density at radius 1 is 1.69 bits per heavy atom. The van der Waals surface area contributed by atoms with Crippen molar-refractivity contribution in [3.63, 3.8) is 0 Å². The molecule has 3 heterocycles. The normalized spacial score (nSPS) is 41.9. The summed E-state index contributed by atoms with van der Waals surface area (Å²) in [5.74, 6) is -3.37. The van der Waals surface area contributed by atoms with E-state index < -0.39 is 117 Å². The van der Waals surface area contributed by atoms with E-state index in [0.717, 1.165) is 0 Å². The van der Waals surface area contributed by atoms with Crippen LogP contribution in [0.1, 0.15) is 83.0 Å². The lowest BCUT2D eigenvalue weighted by molar-refractivity contribution is 0.0946. The molecule has 0 aliphatic carbocycles. The Bertz CT molecular complexity index is 1650. The predicted molar refractivity (Wildman–Crippen MR) is 99.6 cm³/mol. The number of aromatic hydroxyl groups is 1. The minimum atomic E-state index is -4.01. The fraction of sp³-hybridized carbons (Fsp3) is 0.611. The Kier molecular flexibility index (Phi) is 1.56. The maximum Gasteiger partial charge on any atom is 0.293 e. The highest BCUT2D eigenvalue weighted by Gasteiger charge is 2.24. The summed E-state index contributed by atoms with van der Waals surface area (Å²) >= 11 is 0. The van der Waals surface area contributed by atoms with Crippen molar-refractivity contribution in [3.8, 4) is 5.75 Å². The second kappa shape index (κ2) is 7.90. The first kappa shape index (κ1) is 5.13. The van der Waals surface area contributed by atoms with Gasteiger partial charge in [-0.05, 0) is 52.4 Å². The van der Waals surface area contributed by atoms with Gasteiger partial charge < -0.3 is 20.3 Å². The highest BCUT2D eigenvalue weighted by atomic mass is 16.3. The molecular formula is C18H27N5O3. The summed E-state index contributed by atoms with van der Waals surface area (Å²) in [6.45, 7) is -20.6. The number of rotatable bonds is 7. The third-order valence-corrected chi connectivity index (χ3v) is 3.12. The number of hydrogen-bond donors (Lipinski definition) is 3. The molecule has 1 aliphatic rings. The molecule has 142 valence electrons. The van der Waals surface area contributed by atoms with E-state index in [2.05, 4.69) is 10.1 Å². The molecule has 2 atom stereocenters. The number of amides is 1. The number of carbonyl (C=O) groups excluding carboxylic acids is 1. The Labute approximate surface area is 184 Å². The van der Waals surface area contributed by atoms with Crippen LogP contribution >= 0.6 is 0 Å². The second-order valence-corrected chi connectivity index (χ2v) is 4.69. The first-order chi connectivity index (χ1) is 21.7. The van der Waals surface area contributed by atoms with Crippen molar-refractivity contribution in [1.82, 2.24) is 24.7 Å². The van der Waals surface area contributed by atoms with Crippen LogP contribution in [0.5, 0.6) is 5.75 Å². The largest absolute Gasteiger partial charge is 0.505 e. The van der Waals surface area contributed by atoms with Gasteiger partial charge in [-0.15, -0.1) is 0 Å². The average Bonchev–Trinajstić information content (AvgIpc) is 3.21. The number of fused-ring (bicyclic) bond motifs is 1. The smallest absolute Gasteiger partial charge is 0.293 e. The third kappa shape index (κ3) is 3.60. The summed E-state index contributed by atoms with van der Waals surface area (Å²) in [4.78, 5) is 30.4. The molecule has 2 aromatic rings. The molecule has 8 heteroatoms. The maximum absolute atomic E-state index is 13.8. The molecule has 0 saturated carbocycles. The fourth-order valence-corrected chi connectivity index (χ4v) is 2.03. The SMILES string of the molecule is [2H]Oc1c(C(=O)N([2H])C([2H])CC([2H])N2C([2H])([2H])C([2H])([2H])C([2H])([2H])C([2H])([2H])C2([2H])[2H])c(=O)n(C([2H])(C([2H])([2H])[2H])C([2H])([2H])[2H])c2nc([2H])n([2H])c12. The number of nitrogens with one attached hydrogen (secondary N) is 2. The Morgan fingerprint density at radius 2 is 2.50 bits per heavy atom. The number of H-pyrrole nitrogens is 1. The van der Waals surface area contributed by atoms with Crippen LogP contribution in [0.2, 0.25) is 2.82 Å². The summed E-state index contributed by atoms with van der Waals surface area (Å²) in [6.07, 6.45) is -14.1. The second-order valence-electron chi connectivity index (χ2n) is 4.69. The molecule has 2 aromatic heterocycles. The van der Waals surface area contributed by atoms with Crippen LogP contribution in [-0.4, -0.2) is 57.9 Å². The van der Waals surface area contributed by atoms with Crippen LogP contribution in [0.4, 0.5) is 0 Å². The Morgan fingerprint density at radius 3 is 3.23 bits per heavy atom. The van der Waals surface area contributed by atoms with E-state index in [1.165, 1.54) is 0 Å². The van der Waals surface area contributed by atoms with Gasteiger partial charge in [-0.25, -0.2) is 4.98 Å². The average molecular weight is 385 g/mol. The molecule has 3 N–H and O–H groups in total. The van der Waals surface area contributed by atoms with Gasteiger partial charge in [0.2, 0.25) is 0 Å². The molecular weight excluding hydrogens is 334 g/mol. The Balaban J connectivity index is 2.23. The van der Waals surface area contributed by atoms with Gasteiger partial charge in [0.25, 0.3) is 12.9 Å². The molecule has 3 rings (SSSR count). The van der Waals surface area contributed by atoms with E-state index >= 15 is 0 Å². The van der Waals surface area contributed by atoms with Crippen LogP contribution in [0.3, 0.4) is 0 Å². The monoisotopic (exact) mass is 384 g/mol. The van der Waals surface area contributed by atoms with E-state index in [9.17, 15) is 9.59 Å². The number of aromatic amines is 1. The molecule has 0 bridgehead atoms. The van der Waals surface area contributed by atoms with Gasteiger partial charge in [0.1, 0.15) is 12.5 Å². The summed E-state index contributed by atoms with van der Waals surface area (Å²) in [6, 6.07) is -4.01. The topological polar surface area (TPSA) is 103 Å². The molecule has 1 saturated heterocycles. The quantitative estimate of drug-likeness (QED) is 0.673. The first-order valence-corrected chi connectivity index (χ1v) is 6.93. The number of piperidine rings is 1. The highest BCUT2D eigenvalue weighted by Crippen LogP contribution is 2.25. The molecule has 0 radical (unpaired) electrons. The molecule has 1 aliphatic heterocycles. The van der Waals surface area contributed by atoms with Crippen LogP contribution in [-0.2, 0) is 0 Å². The highest BCUT2D eigenvalue weighted by molar-refractivity contribution is 6.00. The fourth-order valence-electron chi connectivity index (χ4n) is 2.03. The van der Waals surface area contributed by atoms with Crippen LogP contribution in [0.25, 0.3) is 11.2 Å². The van der Waals surface area contributed by atoms with Gasteiger partial charge in [0.05, 0.1) is 7.67 Å². The zero-order valence-corrected chi connectivity index (χ0v) is 12.8. The van der Waals surface area contributed by atoms with Crippen LogP contribution in [0, 0.1) is 0 Å². The van der Waals surface area contributed by atoms with Crippen molar-refractivity contribution in [3.05, 3.63) is 22.2 Å². The zero-order valence-electron chi connectivity index (χ0n) is 35.8. The third-order valence-electron chi connectivity index (χ3n) is 3.12. The summed E-state index contributed by atoms with van der Waals surface area (Å²) in [7, 11) is 0. The van der Waals surface area contributed by atoms with Crippen molar-refractivity contribution < 1.29 is 40.1 Å². The van der Waals surface area contributed by atoms with Crippen molar-refractivity contribution in [2.45, 2.75) is 45.3 Å². The van der Waals surface area contributed by atoms with E-state index in [1.807, 2.05) is 0 Å². The van der Waals surface area contributed by atoms with Crippen molar-refractivity contribution in [2.75, 3.05) is 26.0 Å². The lowest BCUT2D eigenvalue weighted by Crippen LogP contribution is -2.36. The van der Waals surface area contributed by atoms with Gasteiger partial charge >= 0.3 is 0 Å². The number of likely N-dealkylation sites (tertiary alicyclic amines) is 1.